The van der Waals surface area contributed by atoms with Crippen LogP contribution >= 0.6 is 0 Å². The summed E-state index contributed by atoms with van der Waals surface area (Å²) in [4.78, 5) is 38.3. The SMILES string of the molecule is COC(=O)c1ccc(NC(=O)c2ccc(NC(=O)c3ccc(N)c(OC(C)C)c3)c(OC(C)C)c2)c(OC(C)C)c1. The molecular weight excluding hydrogens is 526 g/mol. The Kier molecular flexibility index (Phi) is 10.2. The second-order valence-corrected chi connectivity index (χ2v) is 10.1. The van der Waals surface area contributed by atoms with Gasteiger partial charge in [-0.05, 0) is 96.1 Å². The van der Waals surface area contributed by atoms with Crippen LogP contribution in [0.4, 0.5) is 17.1 Å². The molecule has 0 heterocycles. The zero-order valence-corrected chi connectivity index (χ0v) is 24.4. The molecule has 0 aliphatic rings. The van der Waals surface area contributed by atoms with Gasteiger partial charge >= 0.3 is 5.97 Å². The summed E-state index contributed by atoms with van der Waals surface area (Å²) in [5.41, 5.74) is 8.10. The lowest BCUT2D eigenvalue weighted by Gasteiger charge is -2.18. The molecule has 0 spiro atoms. The second kappa shape index (κ2) is 13.6. The van der Waals surface area contributed by atoms with Crippen LogP contribution in [-0.2, 0) is 4.74 Å². The van der Waals surface area contributed by atoms with E-state index in [2.05, 4.69) is 10.6 Å². The summed E-state index contributed by atoms with van der Waals surface area (Å²) in [5, 5.41) is 5.67. The number of nitrogen functional groups attached to an aromatic ring is 1. The van der Waals surface area contributed by atoms with Crippen LogP contribution in [0.15, 0.2) is 54.6 Å². The third-order valence-electron chi connectivity index (χ3n) is 5.51. The third-order valence-corrected chi connectivity index (χ3v) is 5.51. The predicted molar refractivity (Wildman–Crippen MR) is 158 cm³/mol. The van der Waals surface area contributed by atoms with Crippen molar-refractivity contribution in [2.24, 2.45) is 0 Å². The van der Waals surface area contributed by atoms with Gasteiger partial charge in [-0.3, -0.25) is 9.59 Å². The standard InChI is InChI=1S/C31H37N3O7/c1-17(2)39-26-14-20(8-11-23(26)32)29(35)33-24-12-9-21(15-27(24)40-18(3)4)30(36)34-25-13-10-22(31(37)38-7)16-28(25)41-19(5)6/h8-19H,32H2,1-7H3,(H,33,35)(H,34,36). The third kappa shape index (κ3) is 8.38. The molecule has 0 fully saturated rings. The molecule has 3 aromatic rings. The van der Waals surface area contributed by atoms with Gasteiger partial charge in [-0.1, -0.05) is 0 Å². The number of anilines is 3. The van der Waals surface area contributed by atoms with Crippen molar-refractivity contribution in [2.75, 3.05) is 23.5 Å². The molecule has 0 saturated heterocycles. The van der Waals surface area contributed by atoms with Gasteiger partial charge in [-0.15, -0.1) is 0 Å². The summed E-state index contributed by atoms with van der Waals surface area (Å²) in [6.45, 7) is 11.1. The van der Waals surface area contributed by atoms with Crippen LogP contribution in [-0.4, -0.2) is 43.2 Å². The van der Waals surface area contributed by atoms with Gasteiger partial charge in [0.05, 0.1) is 48.0 Å². The Hall–Kier alpha value is -4.73. The van der Waals surface area contributed by atoms with Gasteiger partial charge < -0.3 is 35.3 Å². The maximum absolute atomic E-state index is 13.3. The molecule has 10 nitrogen and oxygen atoms in total. The van der Waals surface area contributed by atoms with Crippen LogP contribution < -0.4 is 30.6 Å². The van der Waals surface area contributed by atoms with Gasteiger partial charge in [0, 0.05) is 11.1 Å². The van der Waals surface area contributed by atoms with Crippen molar-refractivity contribution >= 4 is 34.8 Å². The van der Waals surface area contributed by atoms with Crippen molar-refractivity contribution in [2.45, 2.75) is 59.9 Å². The molecule has 3 rings (SSSR count). The molecular formula is C31H37N3O7. The Labute approximate surface area is 240 Å². The van der Waals surface area contributed by atoms with Crippen molar-refractivity contribution in [3.05, 3.63) is 71.3 Å². The Balaban J connectivity index is 1.87. The Morgan fingerprint density at radius 2 is 1.00 bits per heavy atom. The molecule has 0 unspecified atom stereocenters. The number of ether oxygens (including phenoxy) is 4. The van der Waals surface area contributed by atoms with Gasteiger partial charge in [-0.25, -0.2) is 4.79 Å². The number of esters is 1. The van der Waals surface area contributed by atoms with E-state index in [1.165, 1.54) is 19.2 Å². The minimum atomic E-state index is -0.521. The van der Waals surface area contributed by atoms with Crippen LogP contribution in [0.3, 0.4) is 0 Å². The fraction of sp³-hybridized carbons (Fsp3) is 0.323. The maximum atomic E-state index is 13.3. The Morgan fingerprint density at radius 1 is 0.610 bits per heavy atom. The number of carbonyl (C=O) groups is 3. The number of amides is 2. The summed E-state index contributed by atoms with van der Waals surface area (Å²) >= 11 is 0. The van der Waals surface area contributed by atoms with Crippen molar-refractivity contribution in [1.29, 1.82) is 0 Å². The molecule has 3 aromatic carbocycles. The van der Waals surface area contributed by atoms with E-state index < -0.39 is 17.8 Å². The fourth-order valence-corrected chi connectivity index (χ4v) is 3.76. The van der Waals surface area contributed by atoms with Gasteiger partial charge in [0.15, 0.2) is 0 Å². The molecule has 0 bridgehead atoms. The van der Waals surface area contributed by atoms with Crippen molar-refractivity contribution in [3.8, 4) is 17.2 Å². The molecule has 218 valence electrons. The smallest absolute Gasteiger partial charge is 0.337 e. The number of benzene rings is 3. The van der Waals surface area contributed by atoms with E-state index in [-0.39, 0.29) is 29.4 Å². The molecule has 0 aliphatic heterocycles. The summed E-state index contributed by atoms with van der Waals surface area (Å²) in [6.07, 6.45) is -0.552. The quantitative estimate of drug-likeness (QED) is 0.193. The zero-order chi connectivity index (χ0) is 30.3. The van der Waals surface area contributed by atoms with E-state index in [0.29, 0.717) is 39.9 Å². The van der Waals surface area contributed by atoms with Crippen molar-refractivity contribution in [3.63, 3.8) is 0 Å². The number of nitrogens with two attached hydrogens (primary N) is 1. The number of rotatable bonds is 11. The molecule has 10 heteroatoms. The van der Waals surface area contributed by atoms with E-state index in [4.69, 9.17) is 24.7 Å². The second-order valence-electron chi connectivity index (χ2n) is 10.1. The highest BCUT2D eigenvalue weighted by molar-refractivity contribution is 6.08. The molecule has 0 saturated carbocycles. The van der Waals surface area contributed by atoms with Crippen LogP contribution in [0.1, 0.15) is 72.6 Å². The molecule has 0 atom stereocenters. The first kappa shape index (κ1) is 30.8. The first-order valence-corrected chi connectivity index (χ1v) is 13.3. The van der Waals surface area contributed by atoms with Gasteiger partial charge in [-0.2, -0.15) is 0 Å². The zero-order valence-electron chi connectivity index (χ0n) is 24.4. The molecule has 0 aliphatic carbocycles. The maximum Gasteiger partial charge on any atom is 0.337 e. The highest BCUT2D eigenvalue weighted by Crippen LogP contribution is 2.31. The average Bonchev–Trinajstić information content (AvgIpc) is 2.90. The van der Waals surface area contributed by atoms with Crippen LogP contribution in [0.5, 0.6) is 17.2 Å². The minimum absolute atomic E-state index is 0.112. The minimum Gasteiger partial charge on any atom is -0.489 e. The topological polar surface area (TPSA) is 138 Å². The molecule has 0 radical (unpaired) electrons. The molecule has 41 heavy (non-hydrogen) atoms. The fourth-order valence-electron chi connectivity index (χ4n) is 3.76. The monoisotopic (exact) mass is 563 g/mol. The van der Waals surface area contributed by atoms with Crippen LogP contribution in [0, 0.1) is 0 Å². The lowest BCUT2D eigenvalue weighted by Crippen LogP contribution is -2.18. The van der Waals surface area contributed by atoms with Crippen LogP contribution in [0.2, 0.25) is 0 Å². The van der Waals surface area contributed by atoms with E-state index in [0.717, 1.165) is 0 Å². The number of nitrogens with one attached hydrogen (secondary N) is 2. The number of methoxy groups -OCH3 is 1. The largest absolute Gasteiger partial charge is 0.489 e. The number of hydrogen-bond donors (Lipinski definition) is 3. The Morgan fingerprint density at radius 3 is 1.46 bits per heavy atom. The number of hydrogen-bond acceptors (Lipinski definition) is 8. The first-order valence-electron chi connectivity index (χ1n) is 13.3. The molecule has 0 aromatic heterocycles. The summed E-state index contributed by atoms with van der Waals surface area (Å²) in [7, 11) is 1.29. The van der Waals surface area contributed by atoms with E-state index in [1.54, 1.807) is 42.5 Å². The molecule has 4 N–H and O–H groups in total. The van der Waals surface area contributed by atoms with Gasteiger partial charge in [0.1, 0.15) is 17.2 Å². The Bertz CT molecular complexity index is 1420. The normalized spacial score (nSPS) is 10.9. The van der Waals surface area contributed by atoms with Crippen molar-refractivity contribution < 1.29 is 33.3 Å². The van der Waals surface area contributed by atoms with Gasteiger partial charge in [0.25, 0.3) is 11.8 Å². The van der Waals surface area contributed by atoms with Gasteiger partial charge in [0.2, 0.25) is 0 Å². The summed E-state index contributed by atoms with van der Waals surface area (Å²) in [5.74, 6) is -0.306. The van der Waals surface area contributed by atoms with E-state index in [1.807, 2.05) is 41.5 Å². The summed E-state index contributed by atoms with van der Waals surface area (Å²) in [6, 6.07) is 14.1. The van der Waals surface area contributed by atoms with E-state index >= 15 is 0 Å². The molecule has 2 amide bonds. The lowest BCUT2D eigenvalue weighted by molar-refractivity contribution is 0.0599. The number of carbonyl (C=O) groups excluding carboxylic acids is 3. The lowest BCUT2D eigenvalue weighted by atomic mass is 10.1. The summed E-state index contributed by atoms with van der Waals surface area (Å²) < 4.78 is 22.2. The highest BCUT2D eigenvalue weighted by atomic mass is 16.5. The highest BCUT2D eigenvalue weighted by Gasteiger charge is 2.19. The predicted octanol–water partition coefficient (Wildman–Crippen LogP) is 5.92. The van der Waals surface area contributed by atoms with E-state index in [9.17, 15) is 14.4 Å². The first-order chi connectivity index (χ1) is 19.4. The van der Waals surface area contributed by atoms with Crippen molar-refractivity contribution in [1.82, 2.24) is 0 Å². The van der Waals surface area contributed by atoms with Crippen LogP contribution in [0.25, 0.3) is 0 Å². The average molecular weight is 564 g/mol.